The molecular formula is C21H24ClN3O2. The van der Waals surface area contributed by atoms with Crippen LogP contribution in [-0.2, 0) is 0 Å². The predicted octanol–water partition coefficient (Wildman–Crippen LogP) is 4.75. The molecule has 5 nitrogen and oxygen atoms in total. The lowest BCUT2D eigenvalue weighted by molar-refractivity contribution is 0.0933. The van der Waals surface area contributed by atoms with Crippen LogP contribution in [0.5, 0.6) is 0 Å². The lowest BCUT2D eigenvalue weighted by Gasteiger charge is -2.16. The minimum Gasteiger partial charge on any atom is -0.349 e. The fraction of sp³-hybridized carbons (Fsp3) is 0.381. The van der Waals surface area contributed by atoms with Crippen LogP contribution in [0.2, 0.25) is 5.02 Å². The van der Waals surface area contributed by atoms with Gasteiger partial charge < -0.3 is 10.6 Å². The van der Waals surface area contributed by atoms with Gasteiger partial charge in [-0.05, 0) is 55.7 Å². The van der Waals surface area contributed by atoms with Crippen LogP contribution < -0.4 is 10.6 Å². The largest absolute Gasteiger partial charge is 0.349 e. The van der Waals surface area contributed by atoms with Crippen molar-refractivity contribution in [3.8, 4) is 0 Å². The van der Waals surface area contributed by atoms with Crippen LogP contribution in [0.3, 0.4) is 0 Å². The Hall–Kier alpha value is -2.40. The van der Waals surface area contributed by atoms with Crippen molar-refractivity contribution < 1.29 is 9.59 Å². The van der Waals surface area contributed by atoms with E-state index in [4.69, 9.17) is 11.6 Å². The molecule has 0 unspecified atom stereocenters. The third kappa shape index (κ3) is 5.30. The van der Waals surface area contributed by atoms with E-state index in [1.54, 1.807) is 24.3 Å². The van der Waals surface area contributed by atoms with Gasteiger partial charge in [-0.3, -0.25) is 14.6 Å². The van der Waals surface area contributed by atoms with Crippen LogP contribution in [0, 0.1) is 6.92 Å². The molecule has 6 heteroatoms. The smallest absolute Gasteiger partial charge is 0.274 e. The monoisotopic (exact) mass is 385 g/mol. The number of pyridine rings is 1. The quantitative estimate of drug-likeness (QED) is 0.746. The molecule has 27 heavy (non-hydrogen) atoms. The summed E-state index contributed by atoms with van der Waals surface area (Å²) in [4.78, 5) is 29.2. The maximum Gasteiger partial charge on any atom is 0.274 e. The van der Waals surface area contributed by atoms with Gasteiger partial charge in [0.05, 0.1) is 0 Å². The zero-order chi connectivity index (χ0) is 19.2. The first-order chi connectivity index (χ1) is 13.0. The van der Waals surface area contributed by atoms with Crippen molar-refractivity contribution in [3.05, 3.63) is 58.4 Å². The second kappa shape index (κ2) is 9.00. The molecule has 142 valence electrons. The Bertz CT molecular complexity index is 830. The summed E-state index contributed by atoms with van der Waals surface area (Å²) >= 11 is 5.95. The third-order valence-corrected chi connectivity index (χ3v) is 5.12. The molecule has 1 aliphatic carbocycles. The Morgan fingerprint density at radius 3 is 2.48 bits per heavy atom. The fourth-order valence-electron chi connectivity index (χ4n) is 3.34. The van der Waals surface area contributed by atoms with Crippen LogP contribution in [0.4, 0.5) is 5.69 Å². The van der Waals surface area contributed by atoms with Crippen molar-refractivity contribution in [3.63, 3.8) is 0 Å². The minimum absolute atomic E-state index is 0.152. The molecule has 1 saturated carbocycles. The van der Waals surface area contributed by atoms with Crippen LogP contribution >= 0.6 is 11.6 Å². The summed E-state index contributed by atoms with van der Waals surface area (Å²) in [6.45, 7) is 1.87. The molecule has 0 bridgehead atoms. The molecule has 1 fully saturated rings. The van der Waals surface area contributed by atoms with Gasteiger partial charge in [0.2, 0.25) is 0 Å². The van der Waals surface area contributed by atoms with Gasteiger partial charge in [0.15, 0.2) is 0 Å². The van der Waals surface area contributed by atoms with Gasteiger partial charge in [-0.1, -0.05) is 37.3 Å². The summed E-state index contributed by atoms with van der Waals surface area (Å²) in [6, 6.07) is 8.62. The Labute approximate surface area is 164 Å². The van der Waals surface area contributed by atoms with Gasteiger partial charge >= 0.3 is 0 Å². The van der Waals surface area contributed by atoms with E-state index in [1.165, 1.54) is 25.1 Å². The Morgan fingerprint density at radius 2 is 1.78 bits per heavy atom. The van der Waals surface area contributed by atoms with Crippen LogP contribution in [0.1, 0.15) is 64.9 Å². The minimum atomic E-state index is -0.357. The summed E-state index contributed by atoms with van der Waals surface area (Å²) < 4.78 is 0. The van der Waals surface area contributed by atoms with Crippen LogP contribution in [-0.4, -0.2) is 22.8 Å². The molecule has 2 aromatic rings. The van der Waals surface area contributed by atoms with Gasteiger partial charge in [-0.25, -0.2) is 0 Å². The number of aromatic nitrogens is 1. The highest BCUT2D eigenvalue weighted by atomic mass is 35.5. The normalized spacial score (nSPS) is 15.0. The van der Waals surface area contributed by atoms with Crippen molar-refractivity contribution in [1.29, 1.82) is 0 Å². The number of carbonyl (C=O) groups excluding carboxylic acids is 2. The van der Waals surface area contributed by atoms with Crippen LogP contribution in [0.15, 0.2) is 36.5 Å². The highest BCUT2D eigenvalue weighted by molar-refractivity contribution is 6.30. The number of nitrogens with zero attached hydrogens (tertiary/aromatic N) is 1. The van der Waals surface area contributed by atoms with Gasteiger partial charge in [-0.15, -0.1) is 0 Å². The van der Waals surface area contributed by atoms with Crippen molar-refractivity contribution in [2.75, 3.05) is 5.32 Å². The Kier molecular flexibility index (Phi) is 6.45. The molecule has 1 heterocycles. The molecule has 3 rings (SSSR count). The summed E-state index contributed by atoms with van der Waals surface area (Å²) in [6.07, 6.45) is 8.28. The first-order valence-electron chi connectivity index (χ1n) is 9.37. The predicted molar refractivity (Wildman–Crippen MR) is 107 cm³/mol. The molecule has 2 N–H and O–H groups in total. The summed E-state index contributed by atoms with van der Waals surface area (Å²) in [5, 5.41) is 6.52. The summed E-state index contributed by atoms with van der Waals surface area (Å²) in [5.74, 6) is -0.509. The molecular weight excluding hydrogens is 362 g/mol. The number of rotatable bonds is 4. The van der Waals surface area contributed by atoms with Crippen LogP contribution in [0.25, 0.3) is 0 Å². The van der Waals surface area contributed by atoms with E-state index in [2.05, 4.69) is 15.6 Å². The lowest BCUT2D eigenvalue weighted by Crippen LogP contribution is -2.34. The van der Waals surface area contributed by atoms with E-state index in [0.717, 1.165) is 31.2 Å². The summed E-state index contributed by atoms with van der Waals surface area (Å²) in [5.41, 5.74) is 2.18. The van der Waals surface area contributed by atoms with Crippen molar-refractivity contribution in [2.45, 2.75) is 51.5 Å². The average molecular weight is 386 g/mol. The first kappa shape index (κ1) is 19.4. The number of nitrogens with one attached hydrogen (secondary N) is 2. The fourth-order valence-corrected chi connectivity index (χ4v) is 3.57. The number of amides is 2. The second-order valence-electron chi connectivity index (χ2n) is 7.01. The number of halogens is 1. The Balaban J connectivity index is 1.68. The van der Waals surface area contributed by atoms with E-state index in [1.807, 2.05) is 6.92 Å². The number of benzene rings is 1. The maximum atomic E-state index is 12.6. The topological polar surface area (TPSA) is 71.1 Å². The zero-order valence-corrected chi connectivity index (χ0v) is 16.2. The van der Waals surface area contributed by atoms with Crippen molar-refractivity contribution >= 4 is 29.1 Å². The van der Waals surface area contributed by atoms with Gasteiger partial charge in [0.25, 0.3) is 11.8 Å². The number of aryl methyl sites for hydroxylation is 1. The lowest BCUT2D eigenvalue weighted by atomic mass is 10.1. The Morgan fingerprint density at radius 1 is 1.04 bits per heavy atom. The molecule has 1 aromatic carbocycles. The van der Waals surface area contributed by atoms with Crippen molar-refractivity contribution in [1.82, 2.24) is 10.3 Å². The average Bonchev–Trinajstić information content (AvgIpc) is 2.92. The third-order valence-electron chi connectivity index (χ3n) is 4.88. The zero-order valence-electron chi connectivity index (χ0n) is 15.4. The molecule has 0 aliphatic heterocycles. The van der Waals surface area contributed by atoms with E-state index < -0.39 is 0 Å². The SMILES string of the molecule is Cc1cc(Cl)ccc1NC(=O)c1cc(C(=O)NC2CCCCCC2)ccn1. The van der Waals surface area contributed by atoms with Gasteiger partial charge in [0, 0.05) is 28.5 Å². The van der Waals surface area contributed by atoms with E-state index >= 15 is 0 Å². The number of carbonyl (C=O) groups is 2. The molecule has 0 radical (unpaired) electrons. The van der Waals surface area contributed by atoms with Gasteiger partial charge in [-0.2, -0.15) is 0 Å². The summed E-state index contributed by atoms with van der Waals surface area (Å²) in [7, 11) is 0. The molecule has 0 saturated heterocycles. The number of hydrogen-bond acceptors (Lipinski definition) is 3. The maximum absolute atomic E-state index is 12.6. The van der Waals surface area contributed by atoms with E-state index in [-0.39, 0.29) is 23.6 Å². The molecule has 0 atom stereocenters. The number of anilines is 1. The van der Waals surface area contributed by atoms with Crippen molar-refractivity contribution in [2.24, 2.45) is 0 Å². The molecule has 1 aromatic heterocycles. The molecule has 1 aliphatic rings. The highest BCUT2D eigenvalue weighted by Gasteiger charge is 2.17. The number of hydrogen-bond donors (Lipinski definition) is 2. The van der Waals surface area contributed by atoms with E-state index in [9.17, 15) is 9.59 Å². The molecule has 0 spiro atoms. The van der Waals surface area contributed by atoms with Gasteiger partial charge in [0.1, 0.15) is 5.69 Å². The first-order valence-corrected chi connectivity index (χ1v) is 9.75. The standard InChI is InChI=1S/C21H24ClN3O2/c1-14-12-16(22)8-9-18(14)25-21(27)19-13-15(10-11-23-19)20(26)24-17-6-4-2-3-5-7-17/h8-13,17H,2-7H2,1H3,(H,24,26)(H,25,27). The molecule has 2 amide bonds. The second-order valence-corrected chi connectivity index (χ2v) is 7.44. The highest BCUT2D eigenvalue weighted by Crippen LogP contribution is 2.20. The van der Waals surface area contributed by atoms with E-state index in [0.29, 0.717) is 16.3 Å².